The summed E-state index contributed by atoms with van der Waals surface area (Å²) in [6.45, 7) is 3.91. The number of carbonyl (C=O) groups excluding carboxylic acids is 2. The summed E-state index contributed by atoms with van der Waals surface area (Å²) in [6, 6.07) is 10.5. The maximum Gasteiger partial charge on any atom is 0.274 e. The minimum Gasteiger partial charge on any atom is -0.491 e. The lowest BCUT2D eigenvalue weighted by atomic mass is 9.95. The number of nitrogens with zero attached hydrogens (tertiary/aromatic N) is 1. The molecule has 0 saturated heterocycles. The van der Waals surface area contributed by atoms with Crippen molar-refractivity contribution in [2.75, 3.05) is 5.32 Å². The van der Waals surface area contributed by atoms with Gasteiger partial charge in [0.15, 0.2) is 0 Å². The van der Waals surface area contributed by atoms with Crippen LogP contribution in [-0.4, -0.2) is 28.9 Å². The maximum absolute atomic E-state index is 12.5. The number of ether oxygens (including phenoxy) is 1. The number of rotatable bonds is 6. The zero-order valence-electron chi connectivity index (χ0n) is 16.4. The molecule has 6 heteroatoms. The Kier molecular flexibility index (Phi) is 6.63. The van der Waals surface area contributed by atoms with Gasteiger partial charge in [0.05, 0.1) is 6.10 Å². The van der Waals surface area contributed by atoms with E-state index in [1.54, 1.807) is 30.3 Å². The van der Waals surface area contributed by atoms with Crippen LogP contribution in [0.1, 0.15) is 66.8 Å². The average molecular weight is 381 g/mol. The summed E-state index contributed by atoms with van der Waals surface area (Å²) in [5.74, 6) is 0.232. The lowest BCUT2D eigenvalue weighted by molar-refractivity contribution is 0.0927. The van der Waals surface area contributed by atoms with Crippen molar-refractivity contribution in [1.29, 1.82) is 0 Å². The van der Waals surface area contributed by atoms with Gasteiger partial charge in [0, 0.05) is 23.5 Å². The zero-order chi connectivity index (χ0) is 19.9. The molecule has 0 radical (unpaired) electrons. The van der Waals surface area contributed by atoms with Crippen LogP contribution in [0.25, 0.3) is 0 Å². The number of amides is 2. The SMILES string of the molecule is CC(C)Oc1ccc(NC(=O)c2cc(C(=O)NC3CCCCC3)ccn2)cc1. The molecular weight excluding hydrogens is 354 g/mol. The molecule has 28 heavy (non-hydrogen) atoms. The second-order valence-corrected chi connectivity index (χ2v) is 7.38. The Balaban J connectivity index is 1.62. The van der Waals surface area contributed by atoms with Gasteiger partial charge in [0.25, 0.3) is 11.8 Å². The fourth-order valence-electron chi connectivity index (χ4n) is 3.30. The van der Waals surface area contributed by atoms with Crippen LogP contribution in [0.4, 0.5) is 5.69 Å². The van der Waals surface area contributed by atoms with Crippen LogP contribution >= 0.6 is 0 Å². The van der Waals surface area contributed by atoms with E-state index in [9.17, 15) is 9.59 Å². The van der Waals surface area contributed by atoms with E-state index in [1.807, 2.05) is 13.8 Å². The molecule has 2 aromatic rings. The van der Waals surface area contributed by atoms with Gasteiger partial charge in [-0.2, -0.15) is 0 Å². The van der Waals surface area contributed by atoms with Crippen LogP contribution in [0.3, 0.4) is 0 Å². The third-order valence-electron chi connectivity index (χ3n) is 4.68. The van der Waals surface area contributed by atoms with Crippen molar-refractivity contribution >= 4 is 17.5 Å². The predicted octanol–water partition coefficient (Wildman–Crippen LogP) is 4.18. The molecule has 0 unspecified atom stereocenters. The van der Waals surface area contributed by atoms with Crippen molar-refractivity contribution in [2.45, 2.75) is 58.1 Å². The molecule has 2 N–H and O–H groups in total. The molecule has 6 nitrogen and oxygen atoms in total. The second kappa shape index (κ2) is 9.35. The van der Waals surface area contributed by atoms with Crippen LogP contribution in [0.5, 0.6) is 5.75 Å². The Labute approximate surface area is 165 Å². The van der Waals surface area contributed by atoms with E-state index in [1.165, 1.54) is 18.7 Å². The van der Waals surface area contributed by atoms with Gasteiger partial charge in [0.2, 0.25) is 0 Å². The number of aromatic nitrogens is 1. The summed E-state index contributed by atoms with van der Waals surface area (Å²) in [5, 5.41) is 5.86. The van der Waals surface area contributed by atoms with E-state index in [2.05, 4.69) is 15.6 Å². The predicted molar refractivity (Wildman–Crippen MR) is 109 cm³/mol. The molecule has 3 rings (SSSR count). The summed E-state index contributed by atoms with van der Waals surface area (Å²) in [7, 11) is 0. The molecule has 0 bridgehead atoms. The first-order chi connectivity index (χ1) is 13.5. The van der Waals surface area contributed by atoms with Crippen molar-refractivity contribution < 1.29 is 14.3 Å². The van der Waals surface area contributed by atoms with Crippen LogP contribution in [0.2, 0.25) is 0 Å². The minimum atomic E-state index is -0.357. The van der Waals surface area contributed by atoms with E-state index >= 15 is 0 Å². The number of hydrogen-bond acceptors (Lipinski definition) is 4. The van der Waals surface area contributed by atoms with Gasteiger partial charge in [-0.15, -0.1) is 0 Å². The normalized spacial score (nSPS) is 14.5. The maximum atomic E-state index is 12.5. The van der Waals surface area contributed by atoms with Gasteiger partial charge < -0.3 is 15.4 Å². The van der Waals surface area contributed by atoms with Crippen LogP contribution in [-0.2, 0) is 0 Å². The summed E-state index contributed by atoms with van der Waals surface area (Å²) >= 11 is 0. The largest absolute Gasteiger partial charge is 0.491 e. The van der Waals surface area contributed by atoms with Gasteiger partial charge in [-0.25, -0.2) is 0 Å². The molecule has 0 atom stereocenters. The molecule has 148 valence electrons. The first kappa shape index (κ1) is 19.9. The van der Waals surface area contributed by atoms with Crippen LogP contribution < -0.4 is 15.4 Å². The third kappa shape index (κ3) is 5.55. The highest BCUT2D eigenvalue weighted by molar-refractivity contribution is 6.04. The van der Waals surface area contributed by atoms with Gasteiger partial charge in [-0.1, -0.05) is 19.3 Å². The lowest BCUT2D eigenvalue weighted by Crippen LogP contribution is -2.36. The lowest BCUT2D eigenvalue weighted by Gasteiger charge is -2.22. The van der Waals surface area contributed by atoms with Gasteiger partial charge in [-0.3, -0.25) is 14.6 Å². The topological polar surface area (TPSA) is 80.3 Å². The molecule has 0 spiro atoms. The minimum absolute atomic E-state index is 0.0899. The highest BCUT2D eigenvalue weighted by Crippen LogP contribution is 2.19. The van der Waals surface area contributed by atoms with Crippen LogP contribution in [0.15, 0.2) is 42.6 Å². The van der Waals surface area contributed by atoms with E-state index < -0.39 is 0 Å². The monoisotopic (exact) mass is 381 g/mol. The summed E-state index contributed by atoms with van der Waals surface area (Å²) in [6.07, 6.45) is 7.14. The molecule has 1 aromatic carbocycles. The third-order valence-corrected chi connectivity index (χ3v) is 4.68. The number of hydrogen-bond donors (Lipinski definition) is 2. The summed E-state index contributed by atoms with van der Waals surface area (Å²) in [5.41, 5.74) is 1.30. The molecule has 1 heterocycles. The second-order valence-electron chi connectivity index (χ2n) is 7.38. The fraction of sp³-hybridized carbons (Fsp3) is 0.409. The smallest absolute Gasteiger partial charge is 0.274 e. The van der Waals surface area contributed by atoms with Gasteiger partial charge >= 0.3 is 0 Å². The number of pyridine rings is 1. The number of benzene rings is 1. The van der Waals surface area contributed by atoms with E-state index in [4.69, 9.17) is 4.74 Å². The quantitative estimate of drug-likeness (QED) is 0.786. The fourth-order valence-corrected chi connectivity index (χ4v) is 3.30. The highest BCUT2D eigenvalue weighted by atomic mass is 16.5. The molecule has 1 aliphatic carbocycles. The molecule has 1 fully saturated rings. The number of anilines is 1. The average Bonchev–Trinajstić information content (AvgIpc) is 2.70. The van der Waals surface area contributed by atoms with E-state index in [0.29, 0.717) is 11.3 Å². The zero-order valence-corrected chi connectivity index (χ0v) is 16.4. The van der Waals surface area contributed by atoms with E-state index in [-0.39, 0.29) is 29.7 Å². The Morgan fingerprint density at radius 1 is 1.04 bits per heavy atom. The Hall–Kier alpha value is -2.89. The molecule has 1 saturated carbocycles. The first-order valence-electron chi connectivity index (χ1n) is 9.86. The van der Waals surface area contributed by atoms with Gasteiger partial charge in [0.1, 0.15) is 11.4 Å². The number of nitrogens with one attached hydrogen (secondary N) is 2. The summed E-state index contributed by atoms with van der Waals surface area (Å²) in [4.78, 5) is 29.1. The van der Waals surface area contributed by atoms with Crippen molar-refractivity contribution in [3.05, 3.63) is 53.9 Å². The van der Waals surface area contributed by atoms with Crippen molar-refractivity contribution in [1.82, 2.24) is 10.3 Å². The Morgan fingerprint density at radius 2 is 1.75 bits per heavy atom. The Bertz CT molecular complexity index is 812. The Morgan fingerprint density at radius 3 is 2.43 bits per heavy atom. The van der Waals surface area contributed by atoms with Crippen molar-refractivity contribution in [3.8, 4) is 5.75 Å². The van der Waals surface area contributed by atoms with Crippen molar-refractivity contribution in [2.24, 2.45) is 0 Å². The number of carbonyl (C=O) groups is 2. The first-order valence-corrected chi connectivity index (χ1v) is 9.86. The van der Waals surface area contributed by atoms with Gasteiger partial charge in [-0.05, 0) is 63.1 Å². The molecule has 2 amide bonds. The van der Waals surface area contributed by atoms with E-state index in [0.717, 1.165) is 31.4 Å². The molecular formula is C22H27N3O3. The van der Waals surface area contributed by atoms with Crippen molar-refractivity contribution in [3.63, 3.8) is 0 Å². The molecule has 0 aliphatic heterocycles. The van der Waals surface area contributed by atoms with Crippen LogP contribution in [0, 0.1) is 0 Å². The molecule has 1 aliphatic rings. The highest BCUT2D eigenvalue weighted by Gasteiger charge is 2.18. The summed E-state index contributed by atoms with van der Waals surface area (Å²) < 4.78 is 5.59. The molecule has 1 aromatic heterocycles. The standard InChI is InChI=1S/C22H27N3O3/c1-15(2)28-19-10-8-18(9-11-19)25-22(27)20-14-16(12-13-23-20)21(26)24-17-6-4-3-5-7-17/h8-15,17H,3-7H2,1-2H3,(H,24,26)(H,25,27).